The quantitative estimate of drug-likeness (QED) is 0.655. The maximum Gasteiger partial charge on any atom is 0.222 e. The van der Waals surface area contributed by atoms with Crippen LogP contribution in [0.2, 0.25) is 0 Å². The minimum absolute atomic E-state index is 0.188. The number of hydrogen-bond donors (Lipinski definition) is 1. The van der Waals surface area contributed by atoms with Crippen LogP contribution in [0.15, 0.2) is 47.1 Å². The van der Waals surface area contributed by atoms with Crippen molar-refractivity contribution in [2.24, 2.45) is 0 Å². The van der Waals surface area contributed by atoms with Gasteiger partial charge in [0.1, 0.15) is 11.3 Å². The maximum atomic E-state index is 12.9. The Morgan fingerprint density at radius 1 is 1.15 bits per heavy atom. The Balaban J connectivity index is 1.13. The van der Waals surface area contributed by atoms with E-state index in [0.29, 0.717) is 19.4 Å². The number of carbonyl (C=O) groups is 1. The lowest BCUT2D eigenvalue weighted by atomic mass is 9.79. The highest BCUT2D eigenvalue weighted by Gasteiger charge is 2.54. The molecule has 3 aliphatic rings. The first-order chi connectivity index (χ1) is 16.0. The number of para-hydroxylation sites is 2. The molecule has 2 fully saturated rings. The fraction of sp³-hybridized carbons (Fsp3) is 0.462. The smallest absolute Gasteiger partial charge is 0.222 e. The van der Waals surface area contributed by atoms with Gasteiger partial charge in [-0.25, -0.2) is 0 Å². The average Bonchev–Trinajstić information content (AvgIpc) is 3.53. The van der Waals surface area contributed by atoms with Crippen LogP contribution in [0.5, 0.6) is 0 Å². The second-order valence-corrected chi connectivity index (χ2v) is 9.82. The van der Waals surface area contributed by atoms with Gasteiger partial charge in [-0.3, -0.25) is 4.79 Å². The third kappa shape index (κ3) is 3.29. The van der Waals surface area contributed by atoms with E-state index in [0.717, 1.165) is 55.1 Å². The van der Waals surface area contributed by atoms with Crippen LogP contribution in [-0.4, -0.2) is 45.8 Å². The van der Waals surface area contributed by atoms with Crippen LogP contribution in [0, 0.1) is 13.8 Å². The van der Waals surface area contributed by atoms with Crippen molar-refractivity contribution in [2.45, 2.75) is 57.1 Å². The van der Waals surface area contributed by atoms with Gasteiger partial charge in [0.25, 0.3) is 0 Å². The number of aromatic nitrogens is 2. The highest BCUT2D eigenvalue weighted by molar-refractivity contribution is 5.76. The molecule has 2 saturated heterocycles. The zero-order valence-corrected chi connectivity index (χ0v) is 19.3. The van der Waals surface area contributed by atoms with Gasteiger partial charge in [0, 0.05) is 37.7 Å². The summed E-state index contributed by atoms with van der Waals surface area (Å²) in [4.78, 5) is 14.9. The van der Waals surface area contributed by atoms with Gasteiger partial charge in [-0.05, 0) is 57.4 Å². The number of nitrogens with zero attached hydrogens (tertiary/aromatic N) is 3. The summed E-state index contributed by atoms with van der Waals surface area (Å²) in [6.45, 7) is 5.97. The van der Waals surface area contributed by atoms with Gasteiger partial charge in [0.05, 0.1) is 35.0 Å². The number of hydrogen-bond acceptors (Lipinski definition) is 5. The molecule has 33 heavy (non-hydrogen) atoms. The minimum Gasteiger partial charge on any atom is -0.372 e. The average molecular weight is 447 g/mol. The SMILES string of the molecule is Cc1noc(C)c1CCC(=O)N1CCC2(CC1)CC1(CO2)Nc2ccccc2-n2cccc21. The van der Waals surface area contributed by atoms with Gasteiger partial charge in [-0.15, -0.1) is 0 Å². The molecule has 172 valence electrons. The normalized spacial score (nSPS) is 22.9. The number of benzene rings is 1. The number of likely N-dealkylation sites (tertiary alicyclic amines) is 1. The van der Waals surface area contributed by atoms with Crippen molar-refractivity contribution in [1.82, 2.24) is 14.6 Å². The van der Waals surface area contributed by atoms with Gasteiger partial charge in [-0.1, -0.05) is 17.3 Å². The molecule has 0 bridgehead atoms. The molecular weight excluding hydrogens is 416 g/mol. The third-order valence-electron chi connectivity index (χ3n) is 7.82. The molecule has 0 saturated carbocycles. The summed E-state index contributed by atoms with van der Waals surface area (Å²) in [5.41, 5.74) is 5.12. The van der Waals surface area contributed by atoms with Gasteiger partial charge >= 0.3 is 0 Å². The molecule has 2 aromatic heterocycles. The highest BCUT2D eigenvalue weighted by Crippen LogP contribution is 2.50. The zero-order chi connectivity index (χ0) is 22.6. The van der Waals surface area contributed by atoms with Crippen molar-refractivity contribution >= 4 is 11.6 Å². The second kappa shape index (κ2) is 7.48. The Hall–Kier alpha value is -3.06. The van der Waals surface area contributed by atoms with Gasteiger partial charge < -0.3 is 24.0 Å². The predicted molar refractivity (Wildman–Crippen MR) is 124 cm³/mol. The molecule has 1 atom stereocenters. The van der Waals surface area contributed by atoms with E-state index in [1.165, 1.54) is 11.4 Å². The molecular formula is C26H30N4O3. The van der Waals surface area contributed by atoms with Crippen molar-refractivity contribution in [1.29, 1.82) is 0 Å². The van der Waals surface area contributed by atoms with E-state index in [1.807, 2.05) is 18.7 Å². The molecule has 6 rings (SSSR count). The van der Waals surface area contributed by atoms with E-state index in [2.05, 4.69) is 57.6 Å². The van der Waals surface area contributed by atoms with Crippen molar-refractivity contribution < 1.29 is 14.1 Å². The van der Waals surface area contributed by atoms with Crippen LogP contribution in [0.4, 0.5) is 5.69 Å². The number of carbonyl (C=O) groups excluding carboxylic acids is 1. The largest absolute Gasteiger partial charge is 0.372 e. The standard InChI is InChI=1S/C26H30N4O3/c1-18-20(19(2)33-28-18)9-10-24(31)29-14-11-25(12-15-29)16-26(17-32-25)23-8-5-13-30(23)22-7-4-3-6-21(22)27-26/h3-8,13,27H,9-12,14-17H2,1-2H3. The summed E-state index contributed by atoms with van der Waals surface area (Å²) >= 11 is 0. The number of aryl methyl sites for hydroxylation is 2. The number of fused-ring (bicyclic) bond motifs is 4. The predicted octanol–water partition coefficient (Wildman–Crippen LogP) is 4.12. The van der Waals surface area contributed by atoms with Crippen molar-refractivity contribution in [3.8, 4) is 5.69 Å². The minimum atomic E-state index is -0.229. The molecule has 1 N–H and O–H groups in total. The Kier molecular flexibility index (Phi) is 4.66. The number of amides is 1. The first-order valence-corrected chi connectivity index (χ1v) is 11.9. The van der Waals surface area contributed by atoms with E-state index in [4.69, 9.17) is 9.26 Å². The number of rotatable bonds is 3. The first-order valence-electron chi connectivity index (χ1n) is 11.9. The van der Waals surface area contributed by atoms with E-state index in [-0.39, 0.29) is 17.0 Å². The Bertz CT molecular complexity index is 1180. The molecule has 0 aliphatic carbocycles. The number of nitrogens with one attached hydrogen (secondary N) is 1. The molecule has 3 aromatic rings. The fourth-order valence-electron chi connectivity index (χ4n) is 6.00. The lowest BCUT2D eigenvalue weighted by Gasteiger charge is -2.41. The maximum absolute atomic E-state index is 12.9. The van der Waals surface area contributed by atoms with E-state index in [9.17, 15) is 4.79 Å². The van der Waals surface area contributed by atoms with Crippen LogP contribution in [-0.2, 0) is 21.5 Å². The molecule has 5 heterocycles. The molecule has 0 radical (unpaired) electrons. The Morgan fingerprint density at radius 3 is 2.76 bits per heavy atom. The second-order valence-electron chi connectivity index (χ2n) is 9.82. The lowest BCUT2D eigenvalue weighted by molar-refractivity contribution is -0.135. The van der Waals surface area contributed by atoms with Gasteiger partial charge in [0.15, 0.2) is 0 Å². The highest BCUT2D eigenvalue weighted by atomic mass is 16.5. The summed E-state index contributed by atoms with van der Waals surface area (Å²) in [5, 5.41) is 7.82. The first kappa shape index (κ1) is 20.5. The summed E-state index contributed by atoms with van der Waals surface area (Å²) < 4.78 is 14.1. The van der Waals surface area contributed by atoms with Crippen molar-refractivity contribution in [2.75, 3.05) is 25.0 Å². The van der Waals surface area contributed by atoms with Crippen molar-refractivity contribution in [3.63, 3.8) is 0 Å². The lowest BCUT2D eigenvalue weighted by Crippen LogP contribution is -2.48. The molecule has 1 aromatic carbocycles. The molecule has 1 unspecified atom stereocenters. The fourth-order valence-corrected chi connectivity index (χ4v) is 6.00. The molecule has 2 spiro atoms. The molecule has 7 nitrogen and oxygen atoms in total. The summed E-state index contributed by atoms with van der Waals surface area (Å²) in [6.07, 6.45) is 5.97. The molecule has 1 amide bonds. The monoisotopic (exact) mass is 446 g/mol. The molecule has 7 heteroatoms. The van der Waals surface area contributed by atoms with Crippen LogP contribution in [0.1, 0.15) is 48.4 Å². The molecule has 3 aliphatic heterocycles. The van der Waals surface area contributed by atoms with Gasteiger partial charge in [-0.2, -0.15) is 0 Å². The number of piperidine rings is 1. The number of anilines is 1. The van der Waals surface area contributed by atoms with E-state index >= 15 is 0 Å². The topological polar surface area (TPSA) is 72.5 Å². The summed E-state index contributed by atoms with van der Waals surface area (Å²) in [6, 6.07) is 12.8. The zero-order valence-electron chi connectivity index (χ0n) is 19.3. The van der Waals surface area contributed by atoms with Gasteiger partial charge in [0.2, 0.25) is 5.91 Å². The number of ether oxygens (including phenoxy) is 1. The van der Waals surface area contributed by atoms with E-state index in [1.54, 1.807) is 0 Å². The third-order valence-corrected chi connectivity index (χ3v) is 7.82. The van der Waals surface area contributed by atoms with E-state index < -0.39 is 0 Å². The van der Waals surface area contributed by atoms with Crippen LogP contribution < -0.4 is 5.32 Å². The Labute approximate surface area is 193 Å². The van der Waals surface area contributed by atoms with Crippen LogP contribution in [0.3, 0.4) is 0 Å². The van der Waals surface area contributed by atoms with Crippen LogP contribution in [0.25, 0.3) is 5.69 Å². The summed E-state index contributed by atoms with van der Waals surface area (Å²) in [5.74, 6) is 1.02. The summed E-state index contributed by atoms with van der Waals surface area (Å²) in [7, 11) is 0. The van der Waals surface area contributed by atoms with Crippen LogP contribution >= 0.6 is 0 Å². The van der Waals surface area contributed by atoms with Crippen molar-refractivity contribution in [3.05, 3.63) is 65.3 Å². The Morgan fingerprint density at radius 2 is 1.97 bits per heavy atom.